The molecule has 15 nitrogen and oxygen atoms in total. The van der Waals surface area contributed by atoms with Crippen LogP contribution in [0.5, 0.6) is 0 Å². The Labute approximate surface area is 330 Å². The number of anilines is 2. The Morgan fingerprint density at radius 2 is 1.82 bits per heavy atom. The zero-order chi connectivity index (χ0) is 41.6. The minimum absolute atomic E-state index is 0.0360. The maximum Gasteiger partial charge on any atom is 0.435 e. The maximum atomic E-state index is 14.6. The minimum atomic E-state index is -4.93. The predicted octanol–water partition coefficient (Wildman–Crippen LogP) is 2.94. The van der Waals surface area contributed by atoms with E-state index < -0.39 is 35.1 Å². The van der Waals surface area contributed by atoms with Gasteiger partial charge in [-0.3, -0.25) is 14.4 Å². The smallest absolute Gasteiger partial charge is 0.435 e. The van der Waals surface area contributed by atoms with Gasteiger partial charge in [0.1, 0.15) is 5.69 Å². The molecule has 3 heterocycles. The number of amides is 3. The number of benzene rings is 2. The number of quaternary nitrogens is 1. The number of carbonyl (C=O) groups is 4. The predicted molar refractivity (Wildman–Crippen MR) is 202 cm³/mol. The third kappa shape index (κ3) is 10.1. The van der Waals surface area contributed by atoms with Crippen LogP contribution in [0.25, 0.3) is 16.9 Å². The van der Waals surface area contributed by atoms with Crippen molar-refractivity contribution in [1.29, 1.82) is 0 Å². The standard InChI is InChI=1S/C37H43ClF4N10O5/c1-3-50(16-15-49(12-4-11-43)21-31(53)54)35(56)22-9-13-51(14-10-22)36(57)25-7-6-24(18-27(25)38)46-34(55)33-45-19-30(48(33)2)26-20-52(47-32(26)37(40,41)42)29-8-5-23(44)17-28(29)39/h5-8,17-20,22H,3-4,9-16,21,43-44H2,1-2H3,(H,46,55)(H,53,54)/p+1. The number of hydrogen-bond donors (Lipinski definition) is 5. The molecule has 7 N–H and O–H groups in total. The number of nitrogens with two attached hydrogens (primary N) is 2. The van der Waals surface area contributed by atoms with E-state index in [1.54, 1.807) is 9.80 Å². The van der Waals surface area contributed by atoms with Gasteiger partial charge in [-0.25, -0.2) is 18.9 Å². The van der Waals surface area contributed by atoms with E-state index in [0.717, 1.165) is 32.6 Å². The molecule has 306 valence electrons. The molecule has 1 fully saturated rings. The average molecular weight is 820 g/mol. The molecule has 2 aromatic heterocycles. The Balaban J connectivity index is 1.21. The van der Waals surface area contributed by atoms with Gasteiger partial charge in [0.05, 0.1) is 47.7 Å². The molecule has 0 aliphatic carbocycles. The van der Waals surface area contributed by atoms with Gasteiger partial charge < -0.3 is 41.2 Å². The van der Waals surface area contributed by atoms with Crippen molar-refractivity contribution < 1.29 is 46.7 Å². The van der Waals surface area contributed by atoms with Crippen molar-refractivity contribution in [3.63, 3.8) is 0 Å². The van der Waals surface area contributed by atoms with Crippen LogP contribution in [-0.2, 0) is 22.8 Å². The summed E-state index contributed by atoms with van der Waals surface area (Å²) < 4.78 is 58.7. The summed E-state index contributed by atoms with van der Waals surface area (Å²) in [6.07, 6.45) is -1.34. The van der Waals surface area contributed by atoms with Crippen LogP contribution in [0.2, 0.25) is 5.02 Å². The fourth-order valence-electron chi connectivity index (χ4n) is 6.77. The molecule has 0 bridgehead atoms. The Bertz CT molecular complexity index is 2120. The highest BCUT2D eigenvalue weighted by atomic mass is 35.5. The van der Waals surface area contributed by atoms with Crippen LogP contribution in [0, 0.1) is 11.7 Å². The summed E-state index contributed by atoms with van der Waals surface area (Å²) >= 11 is 6.51. The third-order valence-electron chi connectivity index (χ3n) is 9.82. The molecule has 4 aromatic rings. The van der Waals surface area contributed by atoms with Crippen molar-refractivity contribution in [3.05, 3.63) is 76.7 Å². The number of nitrogens with one attached hydrogen (secondary N) is 2. The van der Waals surface area contributed by atoms with E-state index >= 15 is 0 Å². The zero-order valence-corrected chi connectivity index (χ0v) is 32.0. The van der Waals surface area contributed by atoms with Gasteiger partial charge in [0.15, 0.2) is 23.9 Å². The molecule has 1 aliphatic rings. The number of carbonyl (C=O) groups excluding carboxylic acids is 3. The first-order chi connectivity index (χ1) is 27.0. The summed E-state index contributed by atoms with van der Waals surface area (Å²) in [5.74, 6) is -3.56. The van der Waals surface area contributed by atoms with Crippen LogP contribution < -0.4 is 21.7 Å². The van der Waals surface area contributed by atoms with Crippen LogP contribution in [0.15, 0.2) is 48.8 Å². The quantitative estimate of drug-likeness (QED) is 0.0885. The van der Waals surface area contributed by atoms with Gasteiger partial charge in [0, 0.05) is 56.6 Å². The lowest BCUT2D eigenvalue weighted by Gasteiger charge is -2.34. The second-order valence-electron chi connectivity index (χ2n) is 13.7. The summed E-state index contributed by atoms with van der Waals surface area (Å²) in [5, 5.41) is 15.5. The lowest BCUT2D eigenvalue weighted by Crippen LogP contribution is -3.13. The molecule has 5 rings (SSSR count). The number of nitrogens with zero attached hydrogens (tertiary/aromatic N) is 6. The van der Waals surface area contributed by atoms with E-state index in [-0.39, 0.29) is 63.4 Å². The van der Waals surface area contributed by atoms with Crippen LogP contribution in [0.1, 0.15) is 52.9 Å². The van der Waals surface area contributed by atoms with E-state index in [2.05, 4.69) is 15.4 Å². The normalized spacial score (nSPS) is 14.1. The number of halogens is 5. The van der Waals surface area contributed by atoms with Gasteiger partial charge in [0.2, 0.25) is 5.91 Å². The largest absolute Gasteiger partial charge is 0.477 e. The number of hydrogen-bond acceptors (Lipinski definition) is 8. The van der Waals surface area contributed by atoms with Crippen molar-refractivity contribution in [1.82, 2.24) is 29.1 Å². The first kappa shape index (κ1) is 42.6. The van der Waals surface area contributed by atoms with E-state index in [9.17, 15) is 41.8 Å². The topological polar surface area (TPSA) is 199 Å². The van der Waals surface area contributed by atoms with Crippen LogP contribution in [-0.4, -0.2) is 110 Å². The van der Waals surface area contributed by atoms with E-state index in [4.69, 9.17) is 23.1 Å². The average Bonchev–Trinajstić information content (AvgIpc) is 3.77. The van der Waals surface area contributed by atoms with E-state index in [1.165, 1.54) is 37.4 Å². The van der Waals surface area contributed by atoms with Crippen molar-refractivity contribution in [2.24, 2.45) is 18.7 Å². The van der Waals surface area contributed by atoms with Crippen molar-refractivity contribution in [2.75, 3.05) is 63.4 Å². The molecule has 20 heteroatoms. The molecular formula is C37H44ClF4N10O5+. The summed E-state index contributed by atoms with van der Waals surface area (Å²) in [6, 6.07) is 7.72. The lowest BCUT2D eigenvalue weighted by molar-refractivity contribution is -0.892. The minimum Gasteiger partial charge on any atom is -0.477 e. The zero-order valence-electron chi connectivity index (χ0n) is 31.3. The Kier molecular flexibility index (Phi) is 13.6. The Morgan fingerprint density at radius 1 is 1.11 bits per heavy atom. The number of alkyl halides is 3. The van der Waals surface area contributed by atoms with E-state index in [1.807, 2.05) is 6.92 Å². The maximum absolute atomic E-state index is 14.6. The molecule has 1 unspecified atom stereocenters. The van der Waals surface area contributed by atoms with Gasteiger partial charge in [-0.15, -0.1) is 0 Å². The molecule has 1 saturated heterocycles. The SMILES string of the molecule is CCN(CC[NH+](CCCN)CC(=O)O)C(=O)C1CCN(C(=O)c2ccc(NC(=O)c3ncc(-c4cn(-c5ccc(N)cc5F)nc4C(F)(F)F)n3C)cc2Cl)CC1. The number of likely N-dealkylation sites (N-methyl/N-ethyl adjacent to an activating group) is 1. The van der Waals surface area contributed by atoms with Gasteiger partial charge in [-0.05, 0) is 62.7 Å². The molecule has 2 aromatic carbocycles. The molecule has 1 atom stereocenters. The van der Waals surface area contributed by atoms with Gasteiger partial charge in [-0.1, -0.05) is 11.6 Å². The van der Waals surface area contributed by atoms with Crippen molar-refractivity contribution in [3.8, 4) is 16.9 Å². The number of rotatable bonds is 15. The molecule has 3 amide bonds. The number of piperidine rings is 1. The number of carboxylic acid groups (broad SMARTS) is 1. The number of aromatic nitrogens is 4. The third-order valence-corrected chi connectivity index (χ3v) is 10.1. The number of nitrogen functional groups attached to an aromatic ring is 1. The monoisotopic (exact) mass is 819 g/mol. The summed E-state index contributed by atoms with van der Waals surface area (Å²) in [5.41, 5.74) is 9.43. The highest BCUT2D eigenvalue weighted by Gasteiger charge is 2.39. The van der Waals surface area contributed by atoms with Crippen LogP contribution >= 0.6 is 11.6 Å². The van der Waals surface area contributed by atoms with Crippen molar-refractivity contribution in [2.45, 2.75) is 32.4 Å². The highest BCUT2D eigenvalue weighted by Crippen LogP contribution is 2.37. The van der Waals surface area contributed by atoms with Crippen molar-refractivity contribution >= 4 is 46.7 Å². The molecular weight excluding hydrogens is 776 g/mol. The Hall–Kier alpha value is -5.53. The summed E-state index contributed by atoms with van der Waals surface area (Å²) in [4.78, 5) is 59.6. The molecule has 0 spiro atoms. The first-order valence-corrected chi connectivity index (χ1v) is 18.6. The fraction of sp³-hybridized carbons (Fsp3) is 0.405. The van der Waals surface area contributed by atoms with Crippen LogP contribution in [0.4, 0.5) is 28.9 Å². The molecule has 0 radical (unpaired) electrons. The number of aliphatic carboxylic acids is 1. The summed E-state index contributed by atoms with van der Waals surface area (Å²) in [6.45, 7) is 4.81. The highest BCUT2D eigenvalue weighted by molar-refractivity contribution is 6.34. The first-order valence-electron chi connectivity index (χ1n) is 18.2. The fourth-order valence-corrected chi connectivity index (χ4v) is 7.03. The van der Waals surface area contributed by atoms with Gasteiger partial charge >= 0.3 is 12.1 Å². The van der Waals surface area contributed by atoms with E-state index in [0.29, 0.717) is 65.1 Å². The van der Waals surface area contributed by atoms with Crippen LogP contribution in [0.3, 0.4) is 0 Å². The number of likely N-dealkylation sites (tertiary alicyclic amines) is 1. The Morgan fingerprint density at radius 3 is 2.44 bits per heavy atom. The number of carboxylic acids is 1. The van der Waals surface area contributed by atoms with Gasteiger partial charge in [-0.2, -0.15) is 18.3 Å². The second kappa shape index (κ2) is 18.2. The summed E-state index contributed by atoms with van der Waals surface area (Å²) in [7, 11) is 1.34. The molecule has 57 heavy (non-hydrogen) atoms. The second-order valence-corrected chi connectivity index (χ2v) is 14.1. The van der Waals surface area contributed by atoms with Gasteiger partial charge in [0.25, 0.3) is 11.8 Å². The lowest BCUT2D eigenvalue weighted by atomic mass is 9.94. The number of imidazole rings is 1. The molecule has 1 aliphatic heterocycles. The molecule has 0 saturated carbocycles.